The maximum atomic E-state index is 11.9. The van der Waals surface area contributed by atoms with Crippen LogP contribution in [0.5, 0.6) is 0 Å². The molecule has 0 aliphatic carbocycles. The van der Waals surface area contributed by atoms with Crippen LogP contribution in [0.1, 0.15) is 62.3 Å². The van der Waals surface area contributed by atoms with E-state index in [9.17, 15) is 4.79 Å². The summed E-state index contributed by atoms with van der Waals surface area (Å²) in [6.07, 6.45) is 5.23. The van der Waals surface area contributed by atoms with Crippen LogP contribution in [0, 0.1) is 16.7 Å². The number of aryl methyl sites for hydroxylation is 1. The predicted octanol–water partition coefficient (Wildman–Crippen LogP) is 4.85. The lowest BCUT2D eigenvalue weighted by atomic mass is 10.0. The van der Waals surface area contributed by atoms with E-state index in [0.29, 0.717) is 17.8 Å². The van der Waals surface area contributed by atoms with Gasteiger partial charge in [-0.05, 0) is 43.4 Å². The van der Waals surface area contributed by atoms with Crippen LogP contribution in [0.4, 0.5) is 0 Å². The number of nitrogen functional groups attached to an aromatic ring is 1. The maximum absolute atomic E-state index is 11.9. The zero-order valence-corrected chi connectivity index (χ0v) is 19.4. The van der Waals surface area contributed by atoms with Crippen molar-refractivity contribution in [3.8, 4) is 6.07 Å². The Bertz CT molecular complexity index is 967. The van der Waals surface area contributed by atoms with E-state index >= 15 is 0 Å². The number of amides is 1. The Morgan fingerprint density at radius 1 is 1.16 bits per heavy atom. The van der Waals surface area contributed by atoms with Gasteiger partial charge in [0, 0.05) is 18.3 Å². The molecule has 2 aromatic carbocycles. The van der Waals surface area contributed by atoms with Crippen LogP contribution in [-0.4, -0.2) is 18.0 Å². The van der Waals surface area contributed by atoms with Crippen molar-refractivity contribution in [1.82, 2.24) is 5.32 Å². The molecule has 32 heavy (non-hydrogen) atoms. The second-order valence-electron chi connectivity index (χ2n) is 7.13. The predicted molar refractivity (Wildman–Crippen MR) is 132 cm³/mol. The van der Waals surface area contributed by atoms with E-state index < -0.39 is 0 Å². The van der Waals surface area contributed by atoms with E-state index in [-0.39, 0.29) is 17.7 Å². The molecule has 0 aromatic heterocycles. The molecule has 0 spiro atoms. The van der Waals surface area contributed by atoms with Crippen LogP contribution in [0.25, 0.3) is 0 Å². The van der Waals surface area contributed by atoms with Gasteiger partial charge in [-0.25, -0.2) is 0 Å². The van der Waals surface area contributed by atoms with E-state index in [1.165, 1.54) is 5.56 Å². The summed E-state index contributed by atoms with van der Waals surface area (Å²) in [7, 11) is 0. The Kier molecular flexibility index (Phi) is 11.8. The number of benzene rings is 2. The summed E-state index contributed by atoms with van der Waals surface area (Å²) in [5.41, 5.74) is 9.83. The van der Waals surface area contributed by atoms with Gasteiger partial charge in [0.2, 0.25) is 0 Å². The maximum Gasteiger partial charge on any atom is 0.269 e. The van der Waals surface area contributed by atoms with Crippen molar-refractivity contribution >= 4 is 18.0 Å². The molecule has 168 valence electrons. The van der Waals surface area contributed by atoms with E-state index in [1.807, 2.05) is 38.1 Å². The minimum absolute atomic E-state index is 0.0101. The van der Waals surface area contributed by atoms with E-state index in [2.05, 4.69) is 35.4 Å². The molecule has 0 heterocycles. The van der Waals surface area contributed by atoms with Crippen LogP contribution in [0.3, 0.4) is 0 Å². The topological polar surface area (TPSA) is 115 Å². The van der Waals surface area contributed by atoms with Gasteiger partial charge in [-0.2, -0.15) is 5.26 Å². The molecule has 2 rings (SSSR count). The van der Waals surface area contributed by atoms with Crippen molar-refractivity contribution in [2.24, 2.45) is 10.7 Å². The first kappa shape index (κ1) is 26.3. The summed E-state index contributed by atoms with van der Waals surface area (Å²) in [5, 5.41) is 18.8. The summed E-state index contributed by atoms with van der Waals surface area (Å²) >= 11 is 0. The van der Waals surface area contributed by atoms with Gasteiger partial charge < -0.3 is 11.1 Å². The first-order chi connectivity index (χ1) is 15.4. The highest BCUT2D eigenvalue weighted by Crippen LogP contribution is 2.14. The van der Waals surface area contributed by atoms with E-state index in [4.69, 9.17) is 16.4 Å². The van der Waals surface area contributed by atoms with Crippen molar-refractivity contribution in [3.63, 3.8) is 0 Å². The Morgan fingerprint density at radius 3 is 2.22 bits per heavy atom. The normalized spacial score (nSPS) is 11.8. The zero-order chi connectivity index (χ0) is 23.9. The fourth-order valence-corrected chi connectivity index (χ4v) is 2.65. The molecule has 4 N–H and O–H groups in total. The average molecular weight is 432 g/mol. The molecule has 0 aliphatic rings. The third kappa shape index (κ3) is 8.97. The number of hydrogen-bond donors (Lipinski definition) is 3. The molecule has 0 saturated heterocycles. The van der Waals surface area contributed by atoms with Crippen molar-refractivity contribution in [2.45, 2.75) is 53.0 Å². The average Bonchev–Trinajstić information content (AvgIpc) is 2.83. The molecule has 1 atom stereocenters. The standard InChI is InChI=1S/C15H20N4O.C11H13N/c1-3-9-18-13(4-2)15(20)19-10-11-5-7-12(8-6-11)14(16)17;1-3-10-4-6-11(7-5-10)9(2)8-12/h4-9H,3,10H2,1-2H3,(H3,16,17)(H,19,20);4-7,9H,3H2,1-2H3/b13-4-,18-9?;. The quantitative estimate of drug-likeness (QED) is 0.315. The SMILES string of the molecule is C/C=C(\N=CCC)C(=O)NCc1ccc(C(=N)N)cc1.CCc1ccc(C(C)C#N)cc1. The van der Waals surface area contributed by atoms with Crippen LogP contribution in [0.15, 0.2) is 65.3 Å². The molecular formula is C26H33N5O. The fourth-order valence-electron chi connectivity index (χ4n) is 2.65. The lowest BCUT2D eigenvalue weighted by molar-refractivity contribution is -0.117. The highest BCUT2D eigenvalue weighted by molar-refractivity contribution is 5.95. The molecule has 0 bridgehead atoms. The second-order valence-corrected chi connectivity index (χ2v) is 7.13. The van der Waals surface area contributed by atoms with Crippen molar-refractivity contribution in [2.75, 3.05) is 0 Å². The molecule has 6 heteroatoms. The number of carbonyl (C=O) groups excluding carboxylic acids is 1. The molecule has 0 aliphatic heterocycles. The van der Waals surface area contributed by atoms with Gasteiger partial charge in [-0.1, -0.05) is 68.5 Å². The summed E-state index contributed by atoms with van der Waals surface area (Å²) in [6, 6.07) is 17.6. The number of rotatable bonds is 8. The van der Waals surface area contributed by atoms with Gasteiger partial charge in [0.05, 0.1) is 12.0 Å². The number of nitrogens with zero attached hydrogens (tertiary/aromatic N) is 2. The molecule has 0 fully saturated rings. The third-order valence-electron chi connectivity index (χ3n) is 4.72. The van der Waals surface area contributed by atoms with Gasteiger partial charge in [-0.15, -0.1) is 0 Å². The summed E-state index contributed by atoms with van der Waals surface area (Å²) in [4.78, 5) is 16.0. The minimum atomic E-state index is -0.201. The zero-order valence-electron chi connectivity index (χ0n) is 19.4. The van der Waals surface area contributed by atoms with Gasteiger partial charge in [0.15, 0.2) is 0 Å². The molecule has 0 radical (unpaired) electrons. The number of aliphatic imine (C=N–C) groups is 1. The monoisotopic (exact) mass is 431 g/mol. The Morgan fingerprint density at radius 2 is 1.75 bits per heavy atom. The Balaban J connectivity index is 0.000000363. The first-order valence-electron chi connectivity index (χ1n) is 10.7. The molecule has 1 unspecified atom stereocenters. The molecule has 6 nitrogen and oxygen atoms in total. The van der Waals surface area contributed by atoms with Gasteiger partial charge in [0.25, 0.3) is 5.91 Å². The number of nitriles is 1. The van der Waals surface area contributed by atoms with Gasteiger partial charge in [-0.3, -0.25) is 15.2 Å². The number of hydrogen-bond acceptors (Lipinski definition) is 4. The van der Waals surface area contributed by atoms with E-state index in [0.717, 1.165) is 24.0 Å². The highest BCUT2D eigenvalue weighted by Gasteiger charge is 2.06. The fraction of sp³-hybridized carbons (Fsp3) is 0.308. The van der Waals surface area contributed by atoms with Crippen LogP contribution in [0.2, 0.25) is 0 Å². The second kappa shape index (κ2) is 14.3. The molecule has 1 amide bonds. The van der Waals surface area contributed by atoms with Gasteiger partial charge in [0.1, 0.15) is 11.5 Å². The Hall–Kier alpha value is -3.72. The highest BCUT2D eigenvalue weighted by atomic mass is 16.2. The summed E-state index contributed by atoms with van der Waals surface area (Å²) < 4.78 is 0. The third-order valence-corrected chi connectivity index (χ3v) is 4.72. The number of allylic oxidation sites excluding steroid dienone is 1. The van der Waals surface area contributed by atoms with Gasteiger partial charge >= 0.3 is 0 Å². The first-order valence-corrected chi connectivity index (χ1v) is 10.7. The smallest absolute Gasteiger partial charge is 0.269 e. The van der Waals surface area contributed by atoms with Crippen molar-refractivity contribution in [3.05, 3.63) is 82.6 Å². The van der Waals surface area contributed by atoms with E-state index in [1.54, 1.807) is 31.3 Å². The molecule has 0 saturated carbocycles. The largest absolute Gasteiger partial charge is 0.384 e. The number of carbonyl (C=O) groups is 1. The lowest BCUT2D eigenvalue weighted by Gasteiger charge is -2.06. The minimum Gasteiger partial charge on any atom is -0.384 e. The number of nitrogens with one attached hydrogen (secondary N) is 2. The van der Waals surface area contributed by atoms with Crippen LogP contribution < -0.4 is 11.1 Å². The van der Waals surface area contributed by atoms with Crippen LogP contribution >= 0.6 is 0 Å². The van der Waals surface area contributed by atoms with Crippen molar-refractivity contribution < 1.29 is 4.79 Å². The summed E-state index contributed by atoms with van der Waals surface area (Å²) in [5.74, 6) is -0.158. The van der Waals surface area contributed by atoms with Crippen molar-refractivity contribution in [1.29, 1.82) is 10.7 Å². The summed E-state index contributed by atoms with van der Waals surface area (Å²) in [6.45, 7) is 8.20. The lowest BCUT2D eigenvalue weighted by Crippen LogP contribution is -2.24. The Labute approximate surface area is 191 Å². The number of amidine groups is 1. The molecule has 2 aromatic rings. The van der Waals surface area contributed by atoms with Crippen LogP contribution in [-0.2, 0) is 17.8 Å². The number of nitrogens with two attached hydrogens (primary N) is 1. The molecular weight excluding hydrogens is 398 g/mol.